The van der Waals surface area contributed by atoms with Crippen LogP contribution in [-0.4, -0.2) is 15.7 Å². The van der Waals surface area contributed by atoms with Gasteiger partial charge in [0.05, 0.1) is 12.1 Å². The maximum absolute atomic E-state index is 11.9. The lowest BCUT2D eigenvalue weighted by Crippen LogP contribution is -2.16. The zero-order chi connectivity index (χ0) is 13.1. The number of nitrogens with zero attached hydrogens (tertiary/aromatic N) is 2. The standard InChI is InChI=1S/C13H16N4O/c1-9-6-12(17(2)16-9)15-13(18)8-10-4-3-5-11(14)7-10/h3-7H,8,14H2,1-2H3,(H,15,18). The third-order valence-corrected chi connectivity index (χ3v) is 2.59. The second kappa shape index (κ2) is 4.91. The van der Waals surface area contributed by atoms with E-state index in [4.69, 9.17) is 5.73 Å². The number of hydrogen-bond donors (Lipinski definition) is 2. The summed E-state index contributed by atoms with van der Waals surface area (Å²) in [4.78, 5) is 11.9. The molecule has 1 aromatic carbocycles. The van der Waals surface area contributed by atoms with Crippen molar-refractivity contribution in [1.29, 1.82) is 0 Å². The first-order valence-electron chi connectivity index (χ1n) is 5.69. The summed E-state index contributed by atoms with van der Waals surface area (Å²) in [6.07, 6.45) is 0.301. The average Bonchev–Trinajstić information content (AvgIpc) is 2.57. The van der Waals surface area contributed by atoms with Crippen molar-refractivity contribution in [2.24, 2.45) is 7.05 Å². The fraction of sp³-hybridized carbons (Fsp3) is 0.231. The van der Waals surface area contributed by atoms with Gasteiger partial charge in [-0.1, -0.05) is 12.1 Å². The monoisotopic (exact) mass is 244 g/mol. The van der Waals surface area contributed by atoms with E-state index in [0.717, 1.165) is 11.3 Å². The molecule has 0 aliphatic rings. The van der Waals surface area contributed by atoms with Gasteiger partial charge in [0, 0.05) is 18.8 Å². The van der Waals surface area contributed by atoms with Gasteiger partial charge in [-0.2, -0.15) is 5.10 Å². The Balaban J connectivity index is 2.03. The third kappa shape index (κ3) is 2.88. The second-order valence-electron chi connectivity index (χ2n) is 4.26. The third-order valence-electron chi connectivity index (χ3n) is 2.59. The number of anilines is 2. The molecule has 0 fully saturated rings. The summed E-state index contributed by atoms with van der Waals surface area (Å²) in [7, 11) is 1.79. The molecule has 2 rings (SSSR count). The van der Waals surface area contributed by atoms with Crippen LogP contribution in [0.15, 0.2) is 30.3 Å². The molecule has 1 aromatic heterocycles. The van der Waals surface area contributed by atoms with Crippen LogP contribution in [-0.2, 0) is 18.3 Å². The summed E-state index contributed by atoms with van der Waals surface area (Å²) in [6.45, 7) is 1.88. The first-order chi connectivity index (χ1) is 8.54. The van der Waals surface area contributed by atoms with E-state index in [1.54, 1.807) is 23.9 Å². The van der Waals surface area contributed by atoms with Crippen LogP contribution in [0, 0.1) is 6.92 Å². The molecule has 0 aliphatic carbocycles. The highest BCUT2D eigenvalue weighted by Gasteiger charge is 2.07. The lowest BCUT2D eigenvalue weighted by Gasteiger charge is -2.05. The molecule has 5 heteroatoms. The van der Waals surface area contributed by atoms with E-state index in [2.05, 4.69) is 10.4 Å². The van der Waals surface area contributed by atoms with Crippen LogP contribution < -0.4 is 11.1 Å². The summed E-state index contributed by atoms with van der Waals surface area (Å²) >= 11 is 0. The molecule has 0 saturated heterocycles. The Morgan fingerprint density at radius 3 is 2.83 bits per heavy atom. The minimum absolute atomic E-state index is 0.0800. The van der Waals surface area contributed by atoms with E-state index in [9.17, 15) is 4.79 Å². The quantitative estimate of drug-likeness (QED) is 0.803. The van der Waals surface area contributed by atoms with E-state index in [1.807, 2.05) is 25.1 Å². The smallest absolute Gasteiger partial charge is 0.229 e. The Morgan fingerprint density at radius 2 is 2.22 bits per heavy atom. The maximum Gasteiger partial charge on any atom is 0.229 e. The Labute approximate surface area is 106 Å². The molecule has 0 aliphatic heterocycles. The molecule has 94 valence electrons. The first kappa shape index (κ1) is 12.2. The fourth-order valence-corrected chi connectivity index (χ4v) is 1.80. The minimum Gasteiger partial charge on any atom is -0.399 e. The SMILES string of the molecule is Cc1cc(NC(=O)Cc2cccc(N)c2)n(C)n1. The van der Waals surface area contributed by atoms with Gasteiger partial charge in [0.1, 0.15) is 5.82 Å². The molecular formula is C13H16N4O. The van der Waals surface area contributed by atoms with Crippen molar-refractivity contribution >= 4 is 17.4 Å². The predicted molar refractivity (Wildman–Crippen MR) is 71.1 cm³/mol. The van der Waals surface area contributed by atoms with Crippen molar-refractivity contribution in [3.63, 3.8) is 0 Å². The number of rotatable bonds is 3. The molecule has 1 heterocycles. The number of carbonyl (C=O) groups is 1. The van der Waals surface area contributed by atoms with Crippen LogP contribution in [0.25, 0.3) is 0 Å². The maximum atomic E-state index is 11.9. The lowest BCUT2D eigenvalue weighted by atomic mass is 10.1. The van der Waals surface area contributed by atoms with E-state index >= 15 is 0 Å². The highest BCUT2D eigenvalue weighted by atomic mass is 16.1. The molecule has 0 radical (unpaired) electrons. The number of benzene rings is 1. The molecule has 2 aromatic rings. The molecule has 0 unspecified atom stereocenters. The summed E-state index contributed by atoms with van der Waals surface area (Å²) < 4.78 is 1.65. The number of nitrogens with two attached hydrogens (primary N) is 1. The molecule has 0 bridgehead atoms. The van der Waals surface area contributed by atoms with Gasteiger partial charge in [0.2, 0.25) is 5.91 Å². The van der Waals surface area contributed by atoms with Gasteiger partial charge in [-0.25, -0.2) is 0 Å². The highest BCUT2D eigenvalue weighted by Crippen LogP contribution is 2.11. The summed E-state index contributed by atoms with van der Waals surface area (Å²) in [5.41, 5.74) is 8.10. The Hall–Kier alpha value is -2.30. The van der Waals surface area contributed by atoms with Gasteiger partial charge in [0.15, 0.2) is 0 Å². The van der Waals surface area contributed by atoms with Gasteiger partial charge >= 0.3 is 0 Å². The zero-order valence-corrected chi connectivity index (χ0v) is 10.5. The number of amides is 1. The predicted octanol–water partition coefficient (Wildman–Crippen LogP) is 1.49. The largest absolute Gasteiger partial charge is 0.399 e. The molecule has 0 saturated carbocycles. The van der Waals surface area contributed by atoms with Crippen LogP contribution >= 0.6 is 0 Å². The van der Waals surface area contributed by atoms with E-state index in [-0.39, 0.29) is 5.91 Å². The van der Waals surface area contributed by atoms with Crippen molar-refractivity contribution < 1.29 is 4.79 Å². The average molecular weight is 244 g/mol. The molecule has 0 atom stereocenters. The zero-order valence-electron chi connectivity index (χ0n) is 10.5. The summed E-state index contributed by atoms with van der Waals surface area (Å²) in [5.74, 6) is 0.616. The lowest BCUT2D eigenvalue weighted by molar-refractivity contribution is -0.115. The summed E-state index contributed by atoms with van der Waals surface area (Å²) in [6, 6.07) is 9.15. The Kier molecular flexibility index (Phi) is 3.32. The van der Waals surface area contributed by atoms with Crippen molar-refractivity contribution in [2.75, 3.05) is 11.1 Å². The van der Waals surface area contributed by atoms with E-state index in [0.29, 0.717) is 17.9 Å². The molecule has 0 spiro atoms. The molecule has 1 amide bonds. The van der Waals surface area contributed by atoms with Crippen molar-refractivity contribution in [1.82, 2.24) is 9.78 Å². The van der Waals surface area contributed by atoms with Crippen molar-refractivity contribution in [3.8, 4) is 0 Å². The number of nitrogen functional groups attached to an aromatic ring is 1. The number of aryl methyl sites for hydroxylation is 2. The van der Waals surface area contributed by atoms with E-state index < -0.39 is 0 Å². The normalized spacial score (nSPS) is 10.3. The highest BCUT2D eigenvalue weighted by molar-refractivity contribution is 5.91. The first-order valence-corrected chi connectivity index (χ1v) is 5.69. The molecular weight excluding hydrogens is 228 g/mol. The minimum atomic E-state index is -0.0800. The van der Waals surface area contributed by atoms with Gasteiger partial charge in [-0.05, 0) is 24.6 Å². The number of nitrogens with one attached hydrogen (secondary N) is 1. The van der Waals surface area contributed by atoms with Gasteiger partial charge in [0.25, 0.3) is 0 Å². The van der Waals surface area contributed by atoms with Crippen LogP contribution in [0.2, 0.25) is 0 Å². The topological polar surface area (TPSA) is 72.9 Å². The van der Waals surface area contributed by atoms with Crippen molar-refractivity contribution in [3.05, 3.63) is 41.6 Å². The van der Waals surface area contributed by atoms with Gasteiger partial charge in [-0.3, -0.25) is 9.48 Å². The van der Waals surface area contributed by atoms with Gasteiger partial charge < -0.3 is 11.1 Å². The van der Waals surface area contributed by atoms with Crippen LogP contribution in [0.3, 0.4) is 0 Å². The van der Waals surface area contributed by atoms with E-state index in [1.165, 1.54) is 0 Å². The Morgan fingerprint density at radius 1 is 1.44 bits per heavy atom. The number of aromatic nitrogens is 2. The number of hydrogen-bond acceptors (Lipinski definition) is 3. The Bertz CT molecular complexity index is 574. The molecule has 18 heavy (non-hydrogen) atoms. The van der Waals surface area contributed by atoms with Gasteiger partial charge in [-0.15, -0.1) is 0 Å². The second-order valence-corrected chi connectivity index (χ2v) is 4.26. The van der Waals surface area contributed by atoms with Crippen LogP contribution in [0.4, 0.5) is 11.5 Å². The van der Waals surface area contributed by atoms with Crippen LogP contribution in [0.5, 0.6) is 0 Å². The number of carbonyl (C=O) groups excluding carboxylic acids is 1. The van der Waals surface area contributed by atoms with Crippen molar-refractivity contribution in [2.45, 2.75) is 13.3 Å². The molecule has 3 N–H and O–H groups in total. The van der Waals surface area contributed by atoms with Crippen LogP contribution in [0.1, 0.15) is 11.3 Å². The summed E-state index contributed by atoms with van der Waals surface area (Å²) in [5, 5.41) is 6.99. The fourth-order valence-electron chi connectivity index (χ4n) is 1.80. The molecule has 5 nitrogen and oxygen atoms in total.